The van der Waals surface area contributed by atoms with Gasteiger partial charge in [-0.05, 0) is 49.7 Å². The first kappa shape index (κ1) is 17.9. The Morgan fingerprint density at radius 3 is 2.77 bits per heavy atom. The molecule has 0 aliphatic carbocycles. The van der Waals surface area contributed by atoms with Gasteiger partial charge in [0.05, 0.1) is 34.1 Å². The number of aryl methyl sites for hydroxylation is 1. The lowest BCUT2D eigenvalue weighted by Crippen LogP contribution is -2.30. The lowest BCUT2D eigenvalue weighted by atomic mass is 10.2. The molecule has 0 fully saturated rings. The third kappa shape index (κ3) is 3.83. The highest BCUT2D eigenvalue weighted by Gasteiger charge is 2.20. The predicted molar refractivity (Wildman–Crippen MR) is 101 cm³/mol. The zero-order valence-corrected chi connectivity index (χ0v) is 15.4. The Morgan fingerprint density at radius 1 is 1.19 bits per heavy atom. The molecule has 0 bridgehead atoms. The van der Waals surface area contributed by atoms with E-state index in [9.17, 15) is 9.59 Å². The number of fused-ring (bicyclic) bond motifs is 1. The number of carbonyl (C=O) groups excluding carboxylic acids is 2. The van der Waals surface area contributed by atoms with E-state index >= 15 is 0 Å². The van der Waals surface area contributed by atoms with Crippen LogP contribution in [0.15, 0.2) is 41.9 Å². The number of nitrogens with zero attached hydrogens (tertiary/aromatic N) is 1. The van der Waals surface area contributed by atoms with Crippen molar-refractivity contribution in [3.05, 3.63) is 53.0 Å². The van der Waals surface area contributed by atoms with E-state index in [2.05, 4.69) is 10.3 Å². The molecular weight excluding hydrogens is 352 g/mol. The summed E-state index contributed by atoms with van der Waals surface area (Å²) in [6, 6.07) is 10.6. The van der Waals surface area contributed by atoms with E-state index in [0.29, 0.717) is 17.0 Å². The van der Waals surface area contributed by atoms with Gasteiger partial charge in [0.2, 0.25) is 0 Å². The van der Waals surface area contributed by atoms with Crippen molar-refractivity contribution in [1.29, 1.82) is 0 Å². The molecule has 26 heavy (non-hydrogen) atoms. The Labute approximate surface area is 154 Å². The van der Waals surface area contributed by atoms with Crippen LogP contribution < -0.4 is 10.1 Å². The summed E-state index contributed by atoms with van der Waals surface area (Å²) < 4.78 is 11.4. The zero-order valence-electron chi connectivity index (χ0n) is 14.6. The average molecular weight is 370 g/mol. The Kier molecular flexibility index (Phi) is 5.18. The lowest BCUT2D eigenvalue weighted by Gasteiger charge is -2.15. The molecule has 1 heterocycles. The Balaban J connectivity index is 1.68. The summed E-state index contributed by atoms with van der Waals surface area (Å²) in [5, 5.41) is 2.74. The van der Waals surface area contributed by atoms with E-state index in [1.54, 1.807) is 35.8 Å². The van der Waals surface area contributed by atoms with Crippen molar-refractivity contribution in [1.82, 2.24) is 4.98 Å². The van der Waals surface area contributed by atoms with Gasteiger partial charge in [0, 0.05) is 0 Å². The Hall–Kier alpha value is -2.93. The van der Waals surface area contributed by atoms with Crippen LogP contribution in [0.2, 0.25) is 0 Å². The maximum absolute atomic E-state index is 12.4. The van der Waals surface area contributed by atoms with E-state index in [0.717, 1.165) is 15.8 Å². The van der Waals surface area contributed by atoms with Crippen LogP contribution in [-0.2, 0) is 9.53 Å². The number of aromatic nitrogens is 1. The van der Waals surface area contributed by atoms with Crippen molar-refractivity contribution < 1.29 is 19.1 Å². The molecule has 1 N–H and O–H groups in total. The number of hydrogen-bond acceptors (Lipinski definition) is 6. The maximum Gasteiger partial charge on any atom is 0.338 e. The van der Waals surface area contributed by atoms with Gasteiger partial charge in [0.15, 0.2) is 6.10 Å². The molecule has 1 atom stereocenters. The average Bonchev–Trinajstić information content (AvgIpc) is 3.09. The minimum absolute atomic E-state index is 0.384. The minimum atomic E-state index is -0.954. The molecule has 6 nitrogen and oxygen atoms in total. The lowest BCUT2D eigenvalue weighted by molar-refractivity contribution is -0.123. The molecule has 1 aromatic heterocycles. The van der Waals surface area contributed by atoms with Crippen molar-refractivity contribution >= 4 is 39.1 Å². The van der Waals surface area contributed by atoms with Crippen LogP contribution in [-0.4, -0.2) is 30.1 Å². The number of carbonyl (C=O) groups is 2. The molecular formula is C19H18N2O4S. The molecule has 0 radical (unpaired) electrons. The van der Waals surface area contributed by atoms with Gasteiger partial charge in [-0.3, -0.25) is 4.79 Å². The third-order valence-electron chi connectivity index (χ3n) is 3.83. The summed E-state index contributed by atoms with van der Waals surface area (Å²) in [5.41, 5.74) is 4.43. The molecule has 134 valence electrons. The maximum atomic E-state index is 12.4. The van der Waals surface area contributed by atoms with Crippen molar-refractivity contribution in [2.24, 2.45) is 0 Å². The van der Waals surface area contributed by atoms with Crippen LogP contribution in [0.25, 0.3) is 10.2 Å². The summed E-state index contributed by atoms with van der Waals surface area (Å²) in [4.78, 5) is 28.9. The fraction of sp³-hybridized carbons (Fsp3) is 0.211. The Morgan fingerprint density at radius 2 is 2.00 bits per heavy atom. The fourth-order valence-corrected chi connectivity index (χ4v) is 3.13. The van der Waals surface area contributed by atoms with Crippen molar-refractivity contribution in [3.63, 3.8) is 0 Å². The van der Waals surface area contributed by atoms with Crippen LogP contribution in [0, 0.1) is 6.92 Å². The van der Waals surface area contributed by atoms with Gasteiger partial charge in [-0.25, -0.2) is 9.78 Å². The van der Waals surface area contributed by atoms with Gasteiger partial charge in [-0.1, -0.05) is 6.07 Å². The molecule has 0 saturated carbocycles. The third-order valence-corrected chi connectivity index (χ3v) is 4.62. The second-order valence-corrected chi connectivity index (χ2v) is 6.66. The van der Waals surface area contributed by atoms with Crippen LogP contribution >= 0.6 is 11.3 Å². The molecule has 0 aliphatic heterocycles. The van der Waals surface area contributed by atoms with Crippen LogP contribution in [0.1, 0.15) is 22.8 Å². The van der Waals surface area contributed by atoms with Crippen LogP contribution in [0.5, 0.6) is 5.75 Å². The number of thiazole rings is 1. The second kappa shape index (κ2) is 7.53. The smallest absolute Gasteiger partial charge is 0.338 e. The number of benzene rings is 2. The molecule has 0 saturated heterocycles. The first-order chi connectivity index (χ1) is 12.5. The molecule has 0 spiro atoms. The van der Waals surface area contributed by atoms with E-state index in [1.807, 2.05) is 13.0 Å². The SMILES string of the molecule is COc1ccc(C)cc1NC(=O)[C@H](C)OC(=O)c1ccc2ncsc2c1. The van der Waals surface area contributed by atoms with Gasteiger partial charge in [-0.2, -0.15) is 0 Å². The monoisotopic (exact) mass is 370 g/mol. The number of anilines is 1. The topological polar surface area (TPSA) is 77.5 Å². The van der Waals surface area contributed by atoms with Gasteiger partial charge >= 0.3 is 5.97 Å². The van der Waals surface area contributed by atoms with E-state index in [1.165, 1.54) is 25.4 Å². The number of ether oxygens (including phenoxy) is 2. The summed E-state index contributed by atoms with van der Waals surface area (Å²) in [6.45, 7) is 3.44. The summed E-state index contributed by atoms with van der Waals surface area (Å²) in [7, 11) is 1.53. The number of esters is 1. The van der Waals surface area contributed by atoms with Gasteiger partial charge in [0.1, 0.15) is 5.75 Å². The van der Waals surface area contributed by atoms with Crippen molar-refractivity contribution in [2.45, 2.75) is 20.0 Å². The van der Waals surface area contributed by atoms with E-state index in [-0.39, 0.29) is 0 Å². The fourth-order valence-electron chi connectivity index (χ4n) is 2.42. The normalized spacial score (nSPS) is 11.8. The van der Waals surface area contributed by atoms with E-state index < -0.39 is 18.0 Å². The van der Waals surface area contributed by atoms with Crippen LogP contribution in [0.3, 0.4) is 0 Å². The van der Waals surface area contributed by atoms with Crippen molar-refractivity contribution in [2.75, 3.05) is 12.4 Å². The second-order valence-electron chi connectivity index (χ2n) is 5.78. The first-order valence-electron chi connectivity index (χ1n) is 7.97. The van der Waals surface area contributed by atoms with Gasteiger partial charge in [-0.15, -0.1) is 11.3 Å². The highest BCUT2D eigenvalue weighted by atomic mass is 32.1. The summed E-state index contributed by atoms with van der Waals surface area (Å²) >= 11 is 1.44. The zero-order chi connectivity index (χ0) is 18.7. The summed E-state index contributed by atoms with van der Waals surface area (Å²) in [6.07, 6.45) is -0.954. The number of amides is 1. The predicted octanol–water partition coefficient (Wildman–Crippen LogP) is 3.80. The molecule has 1 amide bonds. The minimum Gasteiger partial charge on any atom is -0.495 e. The van der Waals surface area contributed by atoms with Gasteiger partial charge in [0.25, 0.3) is 5.91 Å². The quantitative estimate of drug-likeness (QED) is 0.691. The highest BCUT2D eigenvalue weighted by Crippen LogP contribution is 2.25. The largest absolute Gasteiger partial charge is 0.495 e. The standard InChI is InChI=1S/C19H18N2O4S/c1-11-4-7-16(24-3)15(8-11)21-18(22)12(2)25-19(23)13-5-6-14-17(9-13)26-10-20-14/h4-10,12H,1-3H3,(H,21,22)/t12-/m0/s1. The molecule has 2 aromatic carbocycles. The van der Waals surface area contributed by atoms with Crippen LogP contribution in [0.4, 0.5) is 5.69 Å². The number of nitrogens with one attached hydrogen (secondary N) is 1. The number of rotatable bonds is 5. The molecule has 7 heteroatoms. The molecule has 3 rings (SSSR count). The molecule has 0 unspecified atom stereocenters. The number of hydrogen-bond donors (Lipinski definition) is 1. The molecule has 3 aromatic rings. The first-order valence-corrected chi connectivity index (χ1v) is 8.85. The van der Waals surface area contributed by atoms with Crippen molar-refractivity contribution in [3.8, 4) is 5.75 Å². The number of methoxy groups -OCH3 is 1. The summed E-state index contributed by atoms with van der Waals surface area (Å²) in [5.74, 6) is -0.446. The highest BCUT2D eigenvalue weighted by molar-refractivity contribution is 7.16. The van der Waals surface area contributed by atoms with E-state index in [4.69, 9.17) is 9.47 Å². The molecule has 0 aliphatic rings. The van der Waals surface area contributed by atoms with Gasteiger partial charge < -0.3 is 14.8 Å². The Bertz CT molecular complexity index is 967.